The predicted octanol–water partition coefficient (Wildman–Crippen LogP) is 4.36. The molecule has 1 amide bonds. The number of ether oxygens (including phenoxy) is 2. The number of likely N-dealkylation sites (tertiary alicyclic amines) is 1. The number of methoxy groups -OCH3 is 1. The van der Waals surface area contributed by atoms with Crippen LogP contribution in [-0.2, 0) is 4.74 Å². The second-order valence-electron chi connectivity index (χ2n) is 6.94. The monoisotopic (exact) mass is 317 g/mol. The average molecular weight is 317 g/mol. The molecule has 126 valence electrons. The van der Waals surface area contributed by atoms with Crippen LogP contribution in [0.3, 0.4) is 0 Å². The van der Waals surface area contributed by atoms with E-state index in [1.54, 1.807) is 7.11 Å². The summed E-state index contributed by atoms with van der Waals surface area (Å²) in [7, 11) is 1.67. The summed E-state index contributed by atoms with van der Waals surface area (Å²) in [6, 6.07) is 8.02. The van der Waals surface area contributed by atoms with Crippen molar-refractivity contribution in [3.63, 3.8) is 0 Å². The zero-order valence-corrected chi connectivity index (χ0v) is 14.5. The average Bonchev–Trinajstić information content (AvgIpc) is 2.52. The molecule has 0 bridgehead atoms. The standard InChI is InChI=1S/C19H27NO3/c1-19(2,3)23-18(21)20-13-11-16(12-14-20)6-5-15-7-9-17(22-4)10-8-15/h5-10,16H,11-14H2,1-4H3. The molecule has 0 aromatic heterocycles. The van der Waals surface area contributed by atoms with Gasteiger partial charge in [0, 0.05) is 13.1 Å². The third-order valence-electron chi connectivity index (χ3n) is 3.87. The Hall–Kier alpha value is -1.97. The van der Waals surface area contributed by atoms with E-state index in [9.17, 15) is 4.79 Å². The summed E-state index contributed by atoms with van der Waals surface area (Å²) in [5, 5.41) is 0. The van der Waals surface area contributed by atoms with Crippen LogP contribution in [0.15, 0.2) is 30.3 Å². The van der Waals surface area contributed by atoms with E-state index in [4.69, 9.17) is 9.47 Å². The van der Waals surface area contributed by atoms with E-state index in [2.05, 4.69) is 12.2 Å². The highest BCUT2D eigenvalue weighted by Gasteiger charge is 2.25. The Kier molecular flexibility index (Phi) is 5.69. The molecule has 2 rings (SSSR count). The molecule has 4 heteroatoms. The van der Waals surface area contributed by atoms with Crippen LogP contribution in [0, 0.1) is 5.92 Å². The normalized spacial score (nSPS) is 16.6. The van der Waals surface area contributed by atoms with Gasteiger partial charge in [0.05, 0.1) is 7.11 Å². The molecule has 23 heavy (non-hydrogen) atoms. The molecular weight excluding hydrogens is 290 g/mol. The largest absolute Gasteiger partial charge is 0.497 e. The number of allylic oxidation sites excluding steroid dienone is 1. The molecule has 0 saturated carbocycles. The first-order valence-electron chi connectivity index (χ1n) is 8.17. The van der Waals surface area contributed by atoms with E-state index in [1.807, 2.05) is 49.9 Å². The molecule has 0 radical (unpaired) electrons. The lowest BCUT2D eigenvalue weighted by atomic mass is 9.96. The minimum atomic E-state index is -0.428. The molecule has 1 heterocycles. The lowest BCUT2D eigenvalue weighted by Gasteiger charge is -2.32. The Balaban J connectivity index is 1.82. The van der Waals surface area contributed by atoms with Crippen molar-refractivity contribution in [2.75, 3.05) is 20.2 Å². The third-order valence-corrected chi connectivity index (χ3v) is 3.87. The molecule has 0 spiro atoms. The number of benzene rings is 1. The van der Waals surface area contributed by atoms with Crippen LogP contribution in [0.2, 0.25) is 0 Å². The lowest BCUT2D eigenvalue weighted by molar-refractivity contribution is 0.0197. The maximum absolute atomic E-state index is 12.0. The van der Waals surface area contributed by atoms with Gasteiger partial charge in [0.1, 0.15) is 11.4 Å². The second-order valence-corrected chi connectivity index (χ2v) is 6.94. The van der Waals surface area contributed by atoms with Crippen molar-refractivity contribution in [1.29, 1.82) is 0 Å². The van der Waals surface area contributed by atoms with Gasteiger partial charge in [-0.2, -0.15) is 0 Å². The predicted molar refractivity (Wildman–Crippen MR) is 92.6 cm³/mol. The quantitative estimate of drug-likeness (QED) is 0.831. The van der Waals surface area contributed by atoms with Crippen molar-refractivity contribution in [3.8, 4) is 5.75 Å². The molecule has 0 unspecified atom stereocenters. The Morgan fingerprint density at radius 3 is 2.30 bits per heavy atom. The SMILES string of the molecule is COc1ccc(C=CC2CCN(C(=O)OC(C)(C)C)CC2)cc1. The molecule has 0 aliphatic carbocycles. The minimum Gasteiger partial charge on any atom is -0.497 e. The summed E-state index contributed by atoms with van der Waals surface area (Å²) in [5.74, 6) is 1.38. The van der Waals surface area contributed by atoms with Gasteiger partial charge < -0.3 is 14.4 Å². The van der Waals surface area contributed by atoms with E-state index in [-0.39, 0.29) is 6.09 Å². The lowest BCUT2D eigenvalue weighted by Crippen LogP contribution is -2.41. The van der Waals surface area contributed by atoms with E-state index in [1.165, 1.54) is 5.56 Å². The van der Waals surface area contributed by atoms with Crippen LogP contribution in [0.25, 0.3) is 6.08 Å². The molecule has 1 fully saturated rings. The van der Waals surface area contributed by atoms with Crippen molar-refractivity contribution in [2.24, 2.45) is 5.92 Å². The Bertz CT molecular complexity index is 535. The van der Waals surface area contributed by atoms with Crippen LogP contribution >= 0.6 is 0 Å². The fourth-order valence-corrected chi connectivity index (χ4v) is 2.56. The molecular formula is C19H27NO3. The highest BCUT2D eigenvalue weighted by molar-refractivity contribution is 5.68. The Morgan fingerprint density at radius 2 is 1.78 bits per heavy atom. The first-order chi connectivity index (χ1) is 10.9. The van der Waals surface area contributed by atoms with E-state index in [0.29, 0.717) is 5.92 Å². The zero-order valence-electron chi connectivity index (χ0n) is 14.5. The van der Waals surface area contributed by atoms with Gasteiger partial charge >= 0.3 is 6.09 Å². The van der Waals surface area contributed by atoms with Gasteiger partial charge in [-0.1, -0.05) is 24.3 Å². The number of hydrogen-bond donors (Lipinski definition) is 0. The van der Waals surface area contributed by atoms with Gasteiger partial charge in [0.25, 0.3) is 0 Å². The van der Waals surface area contributed by atoms with Crippen LogP contribution in [0.4, 0.5) is 4.79 Å². The van der Waals surface area contributed by atoms with Crippen LogP contribution < -0.4 is 4.74 Å². The fraction of sp³-hybridized carbons (Fsp3) is 0.526. The molecule has 1 aromatic carbocycles. The zero-order chi connectivity index (χ0) is 16.9. The van der Waals surface area contributed by atoms with Crippen molar-refractivity contribution >= 4 is 12.2 Å². The Labute approximate surface area is 139 Å². The summed E-state index contributed by atoms with van der Waals surface area (Å²) in [5.41, 5.74) is 0.739. The molecule has 1 aromatic rings. The van der Waals surface area contributed by atoms with Gasteiger partial charge in [-0.15, -0.1) is 0 Å². The van der Waals surface area contributed by atoms with Gasteiger partial charge in [-0.3, -0.25) is 0 Å². The minimum absolute atomic E-state index is 0.199. The molecule has 1 saturated heterocycles. The number of hydrogen-bond acceptors (Lipinski definition) is 3. The van der Waals surface area contributed by atoms with Crippen molar-refractivity contribution in [1.82, 2.24) is 4.90 Å². The van der Waals surface area contributed by atoms with Gasteiger partial charge in [0.15, 0.2) is 0 Å². The van der Waals surface area contributed by atoms with E-state index < -0.39 is 5.60 Å². The second kappa shape index (κ2) is 7.53. The van der Waals surface area contributed by atoms with E-state index in [0.717, 1.165) is 31.7 Å². The Morgan fingerprint density at radius 1 is 1.17 bits per heavy atom. The van der Waals surface area contributed by atoms with Gasteiger partial charge in [-0.05, 0) is 57.2 Å². The van der Waals surface area contributed by atoms with Crippen molar-refractivity contribution in [2.45, 2.75) is 39.2 Å². The topological polar surface area (TPSA) is 38.8 Å². The van der Waals surface area contributed by atoms with E-state index >= 15 is 0 Å². The smallest absolute Gasteiger partial charge is 0.410 e. The molecule has 1 aliphatic heterocycles. The highest BCUT2D eigenvalue weighted by atomic mass is 16.6. The number of amides is 1. The van der Waals surface area contributed by atoms with Gasteiger partial charge in [-0.25, -0.2) is 4.79 Å². The maximum atomic E-state index is 12.0. The first kappa shape index (κ1) is 17.4. The summed E-state index contributed by atoms with van der Waals surface area (Å²) >= 11 is 0. The number of carbonyl (C=O) groups is 1. The molecule has 0 N–H and O–H groups in total. The fourth-order valence-electron chi connectivity index (χ4n) is 2.56. The van der Waals surface area contributed by atoms with Crippen LogP contribution in [-0.4, -0.2) is 36.8 Å². The van der Waals surface area contributed by atoms with Crippen LogP contribution in [0.1, 0.15) is 39.2 Å². The highest BCUT2D eigenvalue weighted by Crippen LogP contribution is 2.22. The van der Waals surface area contributed by atoms with Gasteiger partial charge in [0.2, 0.25) is 0 Å². The first-order valence-corrected chi connectivity index (χ1v) is 8.17. The molecule has 1 aliphatic rings. The summed E-state index contributed by atoms with van der Waals surface area (Å²) in [6.45, 7) is 7.21. The number of piperidine rings is 1. The summed E-state index contributed by atoms with van der Waals surface area (Å²) in [4.78, 5) is 13.8. The number of rotatable bonds is 3. The number of carbonyl (C=O) groups excluding carboxylic acids is 1. The molecule has 4 nitrogen and oxygen atoms in total. The van der Waals surface area contributed by atoms with Crippen molar-refractivity contribution in [3.05, 3.63) is 35.9 Å². The van der Waals surface area contributed by atoms with Crippen molar-refractivity contribution < 1.29 is 14.3 Å². The summed E-state index contributed by atoms with van der Waals surface area (Å²) < 4.78 is 10.6. The summed E-state index contributed by atoms with van der Waals surface area (Å²) in [6.07, 6.45) is 6.15. The number of nitrogens with zero attached hydrogens (tertiary/aromatic N) is 1. The third kappa shape index (κ3) is 5.62. The van der Waals surface area contributed by atoms with Crippen LogP contribution in [0.5, 0.6) is 5.75 Å². The maximum Gasteiger partial charge on any atom is 0.410 e. The molecule has 0 atom stereocenters.